The van der Waals surface area contributed by atoms with Gasteiger partial charge in [0.05, 0.1) is 6.10 Å². The molecule has 0 saturated carbocycles. The lowest BCUT2D eigenvalue weighted by molar-refractivity contribution is 0.206. The number of benzene rings is 5. The molecule has 5 aromatic rings. The van der Waals surface area contributed by atoms with Crippen LogP contribution in [-0.4, -0.2) is 15.5 Å². The number of ether oxygens (including phenoxy) is 2. The zero-order chi connectivity index (χ0) is 40.4. The van der Waals surface area contributed by atoms with Gasteiger partial charge in [-0.15, -0.1) is 14.9 Å². The highest BCUT2D eigenvalue weighted by molar-refractivity contribution is 8.36. The highest BCUT2D eigenvalue weighted by Gasteiger charge is 2.30. The van der Waals surface area contributed by atoms with Crippen LogP contribution in [0.5, 0.6) is 17.2 Å². The Morgan fingerprint density at radius 3 is 1.95 bits per heavy atom. The summed E-state index contributed by atoms with van der Waals surface area (Å²) in [5.74, 6) is 2.59. The zero-order valence-electron chi connectivity index (χ0n) is 34.5. The van der Waals surface area contributed by atoms with Crippen LogP contribution in [0, 0.1) is 13.8 Å². The van der Waals surface area contributed by atoms with E-state index in [9.17, 15) is 0 Å². The fourth-order valence-electron chi connectivity index (χ4n) is 6.65. The first-order chi connectivity index (χ1) is 27.6. The van der Waals surface area contributed by atoms with Crippen LogP contribution in [-0.2, 0) is 5.41 Å². The smallest absolute Gasteiger partial charge is 0.130 e. The Kier molecular flexibility index (Phi) is 15.3. The van der Waals surface area contributed by atoms with Crippen molar-refractivity contribution >= 4 is 67.2 Å². The minimum atomic E-state index is 0.0697. The monoisotopic (exact) mass is 829 g/mol. The molecule has 0 aliphatic carbocycles. The molecule has 57 heavy (non-hydrogen) atoms. The van der Waals surface area contributed by atoms with Crippen LogP contribution in [0.15, 0.2) is 133 Å². The summed E-state index contributed by atoms with van der Waals surface area (Å²) in [5.41, 5.74) is 8.37. The van der Waals surface area contributed by atoms with Gasteiger partial charge in [-0.05, 0) is 151 Å². The van der Waals surface area contributed by atoms with Crippen LogP contribution in [0.1, 0.15) is 99.2 Å². The largest absolute Gasteiger partial charge is 0.490 e. The lowest BCUT2D eigenvalue weighted by Crippen LogP contribution is -2.15. The highest BCUT2D eigenvalue weighted by Crippen LogP contribution is 2.60. The second-order valence-electron chi connectivity index (χ2n) is 15.1. The molecule has 0 amide bonds. The van der Waals surface area contributed by atoms with Crippen LogP contribution in [0.25, 0.3) is 19.6 Å². The highest BCUT2D eigenvalue weighted by atomic mass is 32.3. The van der Waals surface area contributed by atoms with Gasteiger partial charge in [-0.1, -0.05) is 143 Å². The molecule has 0 radical (unpaired) electrons. The van der Waals surface area contributed by atoms with Gasteiger partial charge >= 0.3 is 0 Å². The van der Waals surface area contributed by atoms with Crippen molar-refractivity contribution in [2.24, 2.45) is 0 Å². The summed E-state index contributed by atoms with van der Waals surface area (Å²) in [5, 5.41) is 0. The van der Waals surface area contributed by atoms with Gasteiger partial charge in [0.25, 0.3) is 0 Å². The molecule has 1 aliphatic heterocycles. The van der Waals surface area contributed by atoms with E-state index in [1.165, 1.54) is 54.7 Å². The molecule has 1 unspecified atom stereocenters. The molecule has 0 bridgehead atoms. The summed E-state index contributed by atoms with van der Waals surface area (Å²) >= 11 is 7.18. The van der Waals surface area contributed by atoms with Gasteiger partial charge in [0.1, 0.15) is 17.2 Å². The van der Waals surface area contributed by atoms with Crippen LogP contribution >= 0.6 is 47.6 Å². The maximum Gasteiger partial charge on any atom is 0.130 e. The van der Waals surface area contributed by atoms with Crippen molar-refractivity contribution in [3.63, 3.8) is 0 Å². The molecule has 0 saturated heterocycles. The molecule has 0 N–H and O–H groups in total. The summed E-state index contributed by atoms with van der Waals surface area (Å²) in [6.07, 6.45) is 11.2. The first-order valence-electron chi connectivity index (χ1n) is 19.9. The summed E-state index contributed by atoms with van der Waals surface area (Å²) in [6.45, 7) is 15.3. The molecule has 0 fully saturated rings. The van der Waals surface area contributed by atoms with Crippen LogP contribution in [0.3, 0.4) is 0 Å². The van der Waals surface area contributed by atoms with Crippen molar-refractivity contribution < 1.29 is 9.47 Å². The Morgan fingerprint density at radius 1 is 0.754 bits per heavy atom. The molecule has 296 valence electrons. The fourth-order valence-corrected chi connectivity index (χ4v) is 11.5. The van der Waals surface area contributed by atoms with Gasteiger partial charge in [0.15, 0.2) is 0 Å². The second kappa shape index (κ2) is 20.3. The number of unbranched alkanes of at least 4 members (excludes halogenated alkanes) is 1. The molecule has 3 nitrogen and oxygen atoms in total. The van der Waals surface area contributed by atoms with E-state index in [0.29, 0.717) is 0 Å². The van der Waals surface area contributed by atoms with Crippen molar-refractivity contribution in [1.29, 1.82) is 0 Å². The maximum atomic E-state index is 6.48. The van der Waals surface area contributed by atoms with Crippen molar-refractivity contribution in [2.75, 3.05) is 6.26 Å². The number of nitrogens with zero attached hydrogens (tertiary/aromatic N) is 1. The summed E-state index contributed by atoms with van der Waals surface area (Å²) in [4.78, 5) is 4.96. The van der Waals surface area contributed by atoms with Crippen molar-refractivity contribution in [3.8, 4) is 17.2 Å². The third-order valence-corrected chi connectivity index (χ3v) is 14.9. The zero-order valence-corrected chi connectivity index (χ0v) is 37.8. The van der Waals surface area contributed by atoms with E-state index >= 15 is 0 Å². The van der Waals surface area contributed by atoms with E-state index < -0.39 is 0 Å². The minimum absolute atomic E-state index is 0.0697. The second-order valence-corrected chi connectivity index (χ2v) is 19.4. The fraction of sp³-hybridized carbons (Fsp3) is 0.280. The Morgan fingerprint density at radius 2 is 1.33 bits per heavy atom. The van der Waals surface area contributed by atoms with E-state index in [1.54, 1.807) is 35.7 Å². The van der Waals surface area contributed by atoms with Gasteiger partial charge < -0.3 is 9.47 Å². The maximum absolute atomic E-state index is 6.48. The number of thioether (sulfide) groups is 1. The number of hydrogen-bond donors (Lipinski definition) is 0. The summed E-state index contributed by atoms with van der Waals surface area (Å²) in [7, 11) is 0. The molecular formula is C50H55NO2S4. The molecule has 0 aromatic heterocycles. The predicted molar refractivity (Wildman–Crippen MR) is 256 cm³/mol. The van der Waals surface area contributed by atoms with E-state index in [1.807, 2.05) is 11.9 Å². The standard InChI is InChI=1S/C50H55NO2S4/c1-9-11-19-37(5)52-44-33-36(4)45(34-35(44)3)53-43-30-26-40(27-31-43)46(54-8)47(38-20-15-13-16-21-38)55-51-56-48(39-22-17-14-18-23-39)49(57-51)41-24-28-42(29-25-41)50(6,7)32-12-10-2/h10,12-18,20-31,33-34,37H,9,11,19,32H2,1-8H3/b12-10?,47-46-. The van der Waals surface area contributed by atoms with Crippen molar-refractivity contribution in [3.05, 3.63) is 172 Å². The molecular weight excluding hydrogens is 775 g/mol. The van der Waals surface area contributed by atoms with E-state index in [4.69, 9.17) is 9.47 Å². The first-order valence-corrected chi connectivity index (χ1v) is 23.4. The van der Waals surface area contributed by atoms with Gasteiger partial charge in [-0.3, -0.25) is 0 Å². The SMILES string of the molecule is CC=CCC(C)(C)c1ccc(C2=C(c3ccccc3)SN(S/C(=C(\SC)c3ccc(Oc4cc(C)c(OC(C)CCCC)cc4C)cc3)c3ccccc3)S2)cc1. The Hall–Kier alpha value is -3.72. The molecule has 1 heterocycles. The van der Waals surface area contributed by atoms with Gasteiger partial charge in [0.2, 0.25) is 0 Å². The van der Waals surface area contributed by atoms with Crippen LogP contribution < -0.4 is 9.47 Å². The number of allylic oxidation sites excluding steroid dienone is 2. The van der Waals surface area contributed by atoms with Gasteiger partial charge in [0, 0.05) is 19.6 Å². The predicted octanol–water partition coefficient (Wildman–Crippen LogP) is 16.3. The van der Waals surface area contributed by atoms with Gasteiger partial charge in [-0.2, -0.15) is 0 Å². The summed E-state index contributed by atoms with van der Waals surface area (Å²) < 4.78 is 15.1. The van der Waals surface area contributed by atoms with E-state index in [0.717, 1.165) is 46.8 Å². The lowest BCUT2D eigenvalue weighted by Gasteiger charge is -2.24. The Labute approximate surface area is 359 Å². The quantitative estimate of drug-likeness (QED) is 0.0522. The van der Waals surface area contributed by atoms with E-state index in [2.05, 4.69) is 191 Å². The molecule has 1 atom stereocenters. The van der Waals surface area contributed by atoms with Gasteiger partial charge in [-0.25, -0.2) is 0 Å². The normalized spacial score (nSPS) is 14.6. The molecule has 1 aliphatic rings. The average molecular weight is 830 g/mol. The van der Waals surface area contributed by atoms with Crippen LogP contribution in [0.4, 0.5) is 0 Å². The molecule has 7 heteroatoms. The Balaban J connectivity index is 1.27. The van der Waals surface area contributed by atoms with Crippen LogP contribution in [0.2, 0.25) is 0 Å². The lowest BCUT2D eigenvalue weighted by atomic mass is 9.81. The molecule has 6 rings (SSSR count). The molecule has 0 spiro atoms. The third-order valence-electron chi connectivity index (χ3n) is 10.1. The van der Waals surface area contributed by atoms with E-state index in [-0.39, 0.29) is 11.5 Å². The number of aryl methyl sites for hydroxylation is 2. The molecule has 5 aromatic carbocycles. The first kappa shape index (κ1) is 42.9. The minimum Gasteiger partial charge on any atom is -0.490 e. The number of rotatable bonds is 17. The van der Waals surface area contributed by atoms with Crippen molar-refractivity contribution in [2.45, 2.75) is 85.7 Å². The average Bonchev–Trinajstić information content (AvgIpc) is 3.66. The summed E-state index contributed by atoms with van der Waals surface area (Å²) in [6, 6.07) is 43.5. The number of hydrogen-bond acceptors (Lipinski definition) is 7. The third kappa shape index (κ3) is 11.1. The topological polar surface area (TPSA) is 21.7 Å². The van der Waals surface area contributed by atoms with Crippen molar-refractivity contribution in [1.82, 2.24) is 3.12 Å². The Bertz CT molecular complexity index is 2180.